The third kappa shape index (κ3) is 8.42. The standard InChI is InChI=1S/C28H36N4O4/c1-19(2)30-25(33)24(22-15-11-10-12-20(22)3)32(17-16-29)26(34)23(18-21-13-8-7-9-14-21)31-27(35)36-28(4,5)6/h7-15,19,23-24H,17-18H2,1-6H3,(H,30,33)(H,31,35). The number of rotatable bonds is 9. The highest BCUT2D eigenvalue weighted by Gasteiger charge is 2.37. The summed E-state index contributed by atoms with van der Waals surface area (Å²) in [4.78, 5) is 41.3. The summed E-state index contributed by atoms with van der Waals surface area (Å²) in [6.45, 7) is 10.3. The molecule has 8 heteroatoms. The Bertz CT molecular complexity index is 1090. The molecule has 0 bridgehead atoms. The van der Waals surface area contributed by atoms with Crippen LogP contribution in [-0.4, -0.2) is 47.0 Å². The lowest BCUT2D eigenvalue weighted by molar-refractivity contribution is -0.142. The van der Waals surface area contributed by atoms with E-state index in [0.717, 1.165) is 11.1 Å². The van der Waals surface area contributed by atoms with Gasteiger partial charge in [-0.1, -0.05) is 54.6 Å². The Balaban J connectivity index is 2.53. The van der Waals surface area contributed by atoms with Crippen LogP contribution in [0.4, 0.5) is 4.79 Å². The summed E-state index contributed by atoms with van der Waals surface area (Å²) in [6.07, 6.45) is -0.597. The number of ether oxygens (including phenoxy) is 1. The molecule has 2 unspecified atom stereocenters. The van der Waals surface area contributed by atoms with Crippen molar-refractivity contribution >= 4 is 17.9 Å². The summed E-state index contributed by atoms with van der Waals surface area (Å²) < 4.78 is 5.40. The summed E-state index contributed by atoms with van der Waals surface area (Å²) in [6, 6.07) is 16.2. The first-order chi connectivity index (χ1) is 16.9. The Morgan fingerprint density at radius 2 is 1.61 bits per heavy atom. The molecule has 0 spiro atoms. The molecule has 0 aliphatic rings. The topological polar surface area (TPSA) is 112 Å². The van der Waals surface area contributed by atoms with Crippen molar-refractivity contribution in [3.8, 4) is 6.07 Å². The first-order valence-corrected chi connectivity index (χ1v) is 12.0. The number of carbonyl (C=O) groups excluding carboxylic acids is 3. The molecule has 8 nitrogen and oxygen atoms in total. The van der Waals surface area contributed by atoms with Crippen LogP contribution in [0.1, 0.15) is 57.4 Å². The molecule has 0 aliphatic heterocycles. The summed E-state index contributed by atoms with van der Waals surface area (Å²) in [5.41, 5.74) is 1.45. The predicted molar refractivity (Wildman–Crippen MR) is 138 cm³/mol. The minimum absolute atomic E-state index is 0.160. The van der Waals surface area contributed by atoms with Crippen molar-refractivity contribution in [1.29, 1.82) is 5.26 Å². The van der Waals surface area contributed by atoms with E-state index in [0.29, 0.717) is 5.56 Å². The SMILES string of the molecule is Cc1ccccc1C(C(=O)NC(C)C)N(CC#N)C(=O)C(Cc1ccccc1)NC(=O)OC(C)(C)C. The van der Waals surface area contributed by atoms with Crippen molar-refractivity contribution < 1.29 is 19.1 Å². The van der Waals surface area contributed by atoms with Gasteiger partial charge in [0.1, 0.15) is 24.2 Å². The summed E-state index contributed by atoms with van der Waals surface area (Å²) in [7, 11) is 0. The lowest BCUT2D eigenvalue weighted by atomic mass is 9.97. The molecule has 2 rings (SSSR count). The number of alkyl carbamates (subject to hydrolysis) is 1. The molecule has 2 atom stereocenters. The van der Waals surface area contributed by atoms with E-state index in [1.54, 1.807) is 32.9 Å². The summed E-state index contributed by atoms with van der Waals surface area (Å²) in [5, 5.41) is 15.2. The maximum absolute atomic E-state index is 14.0. The van der Waals surface area contributed by atoms with E-state index < -0.39 is 35.6 Å². The molecule has 0 radical (unpaired) electrons. The molecule has 3 amide bonds. The van der Waals surface area contributed by atoms with E-state index in [2.05, 4.69) is 10.6 Å². The van der Waals surface area contributed by atoms with Crippen LogP contribution in [0.25, 0.3) is 0 Å². The zero-order chi connectivity index (χ0) is 26.9. The molecule has 36 heavy (non-hydrogen) atoms. The fourth-order valence-corrected chi connectivity index (χ4v) is 3.78. The van der Waals surface area contributed by atoms with Gasteiger partial charge >= 0.3 is 6.09 Å². The number of hydrogen-bond acceptors (Lipinski definition) is 5. The van der Waals surface area contributed by atoms with Crippen molar-refractivity contribution in [3.63, 3.8) is 0 Å². The fourth-order valence-electron chi connectivity index (χ4n) is 3.78. The molecular formula is C28H36N4O4. The second kappa shape index (κ2) is 12.7. The third-order valence-electron chi connectivity index (χ3n) is 5.27. The number of benzene rings is 2. The Kier molecular flexibility index (Phi) is 10.0. The van der Waals surface area contributed by atoms with Crippen molar-refractivity contribution in [1.82, 2.24) is 15.5 Å². The first-order valence-electron chi connectivity index (χ1n) is 12.0. The molecule has 192 valence electrons. The summed E-state index contributed by atoms with van der Waals surface area (Å²) >= 11 is 0. The number of aryl methyl sites for hydroxylation is 1. The Hall–Kier alpha value is -3.86. The zero-order valence-corrected chi connectivity index (χ0v) is 21.9. The van der Waals surface area contributed by atoms with E-state index in [-0.39, 0.29) is 19.0 Å². The minimum Gasteiger partial charge on any atom is -0.444 e. The maximum Gasteiger partial charge on any atom is 0.408 e. The molecule has 0 heterocycles. The number of carbonyl (C=O) groups is 3. The van der Waals surface area contributed by atoms with Crippen LogP contribution in [-0.2, 0) is 20.7 Å². The number of nitrogens with zero attached hydrogens (tertiary/aromatic N) is 2. The number of nitriles is 1. The van der Waals surface area contributed by atoms with Crippen LogP contribution >= 0.6 is 0 Å². The Labute approximate surface area is 213 Å². The van der Waals surface area contributed by atoms with Gasteiger partial charge in [0, 0.05) is 12.5 Å². The van der Waals surface area contributed by atoms with E-state index in [9.17, 15) is 19.6 Å². The molecule has 0 aliphatic carbocycles. The predicted octanol–water partition coefficient (Wildman–Crippen LogP) is 4.05. The van der Waals surface area contributed by atoms with Crippen molar-refractivity contribution in [2.24, 2.45) is 0 Å². The lowest BCUT2D eigenvalue weighted by Crippen LogP contribution is -2.54. The van der Waals surface area contributed by atoms with Crippen molar-refractivity contribution in [2.75, 3.05) is 6.54 Å². The molecule has 0 saturated heterocycles. The highest BCUT2D eigenvalue weighted by atomic mass is 16.6. The zero-order valence-electron chi connectivity index (χ0n) is 21.9. The summed E-state index contributed by atoms with van der Waals surface area (Å²) in [5.74, 6) is -0.961. The number of hydrogen-bond donors (Lipinski definition) is 2. The molecule has 0 saturated carbocycles. The Morgan fingerprint density at radius 3 is 2.17 bits per heavy atom. The lowest BCUT2D eigenvalue weighted by Gasteiger charge is -2.34. The smallest absolute Gasteiger partial charge is 0.408 e. The quantitative estimate of drug-likeness (QED) is 0.513. The van der Waals surface area contributed by atoms with Gasteiger partial charge in [-0.2, -0.15) is 5.26 Å². The number of amides is 3. The third-order valence-corrected chi connectivity index (χ3v) is 5.27. The van der Waals surface area contributed by atoms with Gasteiger partial charge in [-0.25, -0.2) is 4.79 Å². The van der Waals surface area contributed by atoms with E-state index in [1.165, 1.54) is 4.90 Å². The average Bonchev–Trinajstić information content (AvgIpc) is 2.78. The van der Waals surface area contributed by atoms with Gasteiger partial charge in [-0.15, -0.1) is 0 Å². The molecule has 2 aromatic rings. The van der Waals surface area contributed by atoms with Crippen LogP contribution < -0.4 is 10.6 Å². The normalized spacial score (nSPS) is 12.7. The van der Waals surface area contributed by atoms with Crippen LogP contribution in [0, 0.1) is 18.3 Å². The van der Waals surface area contributed by atoms with Crippen molar-refractivity contribution in [3.05, 3.63) is 71.3 Å². The number of nitrogens with one attached hydrogen (secondary N) is 2. The van der Waals surface area contributed by atoms with Gasteiger partial charge in [0.05, 0.1) is 6.07 Å². The van der Waals surface area contributed by atoms with Crippen LogP contribution in [0.3, 0.4) is 0 Å². The fraction of sp³-hybridized carbons (Fsp3) is 0.429. The van der Waals surface area contributed by atoms with Gasteiger partial charge in [-0.3, -0.25) is 9.59 Å². The highest BCUT2D eigenvalue weighted by molar-refractivity contribution is 5.92. The molecule has 2 aromatic carbocycles. The van der Waals surface area contributed by atoms with E-state index in [1.807, 2.05) is 69.3 Å². The van der Waals surface area contributed by atoms with E-state index >= 15 is 0 Å². The van der Waals surface area contributed by atoms with Gasteiger partial charge in [0.2, 0.25) is 11.8 Å². The van der Waals surface area contributed by atoms with E-state index in [4.69, 9.17) is 4.74 Å². The van der Waals surface area contributed by atoms with Crippen LogP contribution in [0.2, 0.25) is 0 Å². The van der Waals surface area contributed by atoms with Gasteiger partial charge in [-0.05, 0) is 58.2 Å². The maximum atomic E-state index is 14.0. The first kappa shape index (κ1) is 28.4. The monoisotopic (exact) mass is 492 g/mol. The highest BCUT2D eigenvalue weighted by Crippen LogP contribution is 2.26. The average molecular weight is 493 g/mol. The minimum atomic E-state index is -1.06. The second-order valence-electron chi connectivity index (χ2n) is 9.94. The van der Waals surface area contributed by atoms with Gasteiger partial charge in [0.15, 0.2) is 0 Å². The van der Waals surface area contributed by atoms with Gasteiger partial charge < -0.3 is 20.3 Å². The molecular weight excluding hydrogens is 456 g/mol. The van der Waals surface area contributed by atoms with Crippen molar-refractivity contribution in [2.45, 2.75) is 71.7 Å². The van der Waals surface area contributed by atoms with Gasteiger partial charge in [0.25, 0.3) is 0 Å². The molecule has 0 aromatic heterocycles. The second-order valence-corrected chi connectivity index (χ2v) is 9.94. The Morgan fingerprint density at radius 1 is 1.00 bits per heavy atom. The van der Waals surface area contributed by atoms with Crippen LogP contribution in [0.5, 0.6) is 0 Å². The molecule has 2 N–H and O–H groups in total. The van der Waals surface area contributed by atoms with Crippen LogP contribution in [0.15, 0.2) is 54.6 Å². The molecule has 0 fully saturated rings. The largest absolute Gasteiger partial charge is 0.444 e.